The lowest BCUT2D eigenvalue weighted by atomic mass is 9.97. The van der Waals surface area contributed by atoms with Crippen LogP contribution in [0.25, 0.3) is 10.8 Å². The molecule has 1 saturated carbocycles. The van der Waals surface area contributed by atoms with Gasteiger partial charge in [-0.2, -0.15) is 0 Å². The van der Waals surface area contributed by atoms with Crippen molar-refractivity contribution in [1.82, 2.24) is 9.62 Å². The summed E-state index contributed by atoms with van der Waals surface area (Å²) in [4.78, 5) is 4.69. The van der Waals surface area contributed by atoms with Crippen molar-refractivity contribution in [3.63, 3.8) is 0 Å². The SMILES string of the molecule is Cc1ccc(N2CC(N(C)C)C2)cc1S(=O)(=O)NC1(c2ccc(F)c3ccccc23)CC1. The lowest BCUT2D eigenvalue weighted by molar-refractivity contribution is 0.247. The lowest BCUT2D eigenvalue weighted by Gasteiger charge is -2.44. The minimum Gasteiger partial charge on any atom is -0.368 e. The molecular formula is C25H28FN3O2S. The summed E-state index contributed by atoms with van der Waals surface area (Å²) < 4.78 is 44.4. The maximum atomic E-state index is 14.3. The zero-order chi connectivity index (χ0) is 22.7. The highest BCUT2D eigenvalue weighted by Crippen LogP contribution is 2.49. The van der Waals surface area contributed by atoms with Gasteiger partial charge in [-0.15, -0.1) is 0 Å². The van der Waals surface area contributed by atoms with E-state index in [1.807, 2.05) is 31.2 Å². The van der Waals surface area contributed by atoms with Crippen molar-refractivity contribution >= 4 is 26.5 Å². The van der Waals surface area contributed by atoms with Gasteiger partial charge in [0.2, 0.25) is 10.0 Å². The van der Waals surface area contributed by atoms with Gasteiger partial charge in [0.25, 0.3) is 0 Å². The molecule has 0 radical (unpaired) electrons. The molecular weight excluding hydrogens is 425 g/mol. The van der Waals surface area contributed by atoms with Crippen molar-refractivity contribution in [2.75, 3.05) is 32.1 Å². The van der Waals surface area contributed by atoms with E-state index in [0.29, 0.717) is 34.7 Å². The van der Waals surface area contributed by atoms with Crippen LogP contribution in [0.2, 0.25) is 0 Å². The van der Waals surface area contributed by atoms with Crippen LogP contribution in [0.3, 0.4) is 0 Å². The lowest BCUT2D eigenvalue weighted by Crippen LogP contribution is -2.57. The Morgan fingerprint density at radius 1 is 1.03 bits per heavy atom. The maximum absolute atomic E-state index is 14.3. The van der Waals surface area contributed by atoms with E-state index in [9.17, 15) is 12.8 Å². The highest BCUT2D eigenvalue weighted by atomic mass is 32.2. The first-order chi connectivity index (χ1) is 15.2. The Morgan fingerprint density at radius 3 is 2.38 bits per heavy atom. The van der Waals surface area contributed by atoms with Crippen molar-refractivity contribution in [3.05, 3.63) is 71.5 Å². The molecule has 0 amide bonds. The normalized spacial score (nSPS) is 18.2. The van der Waals surface area contributed by atoms with Gasteiger partial charge in [-0.1, -0.05) is 36.4 Å². The summed E-state index contributed by atoms with van der Waals surface area (Å²) in [5, 5.41) is 1.27. The summed E-state index contributed by atoms with van der Waals surface area (Å²) in [7, 11) is 0.358. The largest absolute Gasteiger partial charge is 0.368 e. The topological polar surface area (TPSA) is 52.7 Å². The number of fused-ring (bicyclic) bond motifs is 1. The number of halogens is 1. The number of aryl methyl sites for hydroxylation is 1. The minimum atomic E-state index is -3.76. The minimum absolute atomic E-state index is 0.294. The van der Waals surface area contributed by atoms with Gasteiger partial charge in [0.15, 0.2) is 0 Å². The van der Waals surface area contributed by atoms with E-state index in [1.165, 1.54) is 6.07 Å². The highest BCUT2D eigenvalue weighted by molar-refractivity contribution is 7.89. The van der Waals surface area contributed by atoms with Crippen molar-refractivity contribution in [2.45, 2.75) is 36.2 Å². The molecule has 168 valence electrons. The maximum Gasteiger partial charge on any atom is 0.241 e. The number of hydrogen-bond donors (Lipinski definition) is 1. The Kier molecular flexibility index (Phi) is 5.04. The molecule has 5 nitrogen and oxygen atoms in total. The molecule has 0 unspecified atom stereocenters. The molecule has 5 rings (SSSR count). The van der Waals surface area contributed by atoms with Crippen LogP contribution in [0, 0.1) is 12.7 Å². The second-order valence-electron chi connectivity index (χ2n) is 9.30. The first-order valence-electron chi connectivity index (χ1n) is 10.9. The Bertz CT molecular complexity index is 1300. The van der Waals surface area contributed by atoms with Crippen LogP contribution in [0.15, 0.2) is 59.5 Å². The van der Waals surface area contributed by atoms with Gasteiger partial charge in [-0.05, 0) is 68.6 Å². The predicted octanol–water partition coefficient (Wildman–Crippen LogP) is 4.01. The van der Waals surface area contributed by atoms with Gasteiger partial charge in [-0.3, -0.25) is 0 Å². The van der Waals surface area contributed by atoms with Gasteiger partial charge < -0.3 is 9.80 Å². The summed E-state index contributed by atoms with van der Waals surface area (Å²) in [5.41, 5.74) is 1.78. The zero-order valence-electron chi connectivity index (χ0n) is 18.6. The van der Waals surface area contributed by atoms with Crippen LogP contribution < -0.4 is 9.62 Å². The molecule has 0 spiro atoms. The fraction of sp³-hybridized carbons (Fsp3) is 0.360. The summed E-state index contributed by atoms with van der Waals surface area (Å²) in [6.07, 6.45) is 1.38. The summed E-state index contributed by atoms with van der Waals surface area (Å²) in [6, 6.07) is 16.5. The quantitative estimate of drug-likeness (QED) is 0.613. The molecule has 2 fully saturated rings. The predicted molar refractivity (Wildman–Crippen MR) is 126 cm³/mol. The molecule has 1 heterocycles. The summed E-state index contributed by atoms with van der Waals surface area (Å²) >= 11 is 0. The van der Waals surface area contributed by atoms with Gasteiger partial charge in [0.05, 0.1) is 10.4 Å². The number of rotatable bonds is 6. The number of nitrogens with zero attached hydrogens (tertiary/aromatic N) is 2. The fourth-order valence-electron chi connectivity index (χ4n) is 4.61. The van der Waals surface area contributed by atoms with Crippen LogP contribution in [0.1, 0.15) is 24.0 Å². The number of sulfonamides is 1. The average Bonchev–Trinajstić information content (AvgIpc) is 3.47. The van der Waals surface area contributed by atoms with E-state index < -0.39 is 15.6 Å². The highest BCUT2D eigenvalue weighted by Gasteiger charge is 2.48. The number of benzene rings is 3. The molecule has 3 aromatic rings. The number of nitrogens with one attached hydrogen (secondary N) is 1. The van der Waals surface area contributed by atoms with Crippen LogP contribution >= 0.6 is 0 Å². The Hall–Kier alpha value is -2.48. The van der Waals surface area contributed by atoms with Crippen molar-refractivity contribution < 1.29 is 12.8 Å². The third kappa shape index (κ3) is 3.58. The Labute approximate surface area is 188 Å². The average molecular weight is 454 g/mol. The van der Waals surface area contributed by atoms with E-state index in [-0.39, 0.29) is 5.82 Å². The molecule has 3 aromatic carbocycles. The first-order valence-corrected chi connectivity index (χ1v) is 12.4. The molecule has 7 heteroatoms. The number of hydrogen-bond acceptors (Lipinski definition) is 4. The van der Waals surface area contributed by atoms with E-state index in [2.05, 4.69) is 28.6 Å². The van der Waals surface area contributed by atoms with Gasteiger partial charge in [0.1, 0.15) is 5.82 Å². The van der Waals surface area contributed by atoms with Crippen molar-refractivity contribution in [2.24, 2.45) is 0 Å². The number of likely N-dealkylation sites (N-methyl/N-ethyl adjacent to an activating group) is 1. The van der Waals surface area contributed by atoms with E-state index in [0.717, 1.165) is 29.7 Å². The second kappa shape index (κ2) is 7.54. The fourth-order valence-corrected chi connectivity index (χ4v) is 6.32. The van der Waals surface area contributed by atoms with Crippen molar-refractivity contribution in [1.29, 1.82) is 0 Å². The zero-order valence-corrected chi connectivity index (χ0v) is 19.4. The third-order valence-electron chi connectivity index (χ3n) is 6.89. The summed E-state index contributed by atoms with van der Waals surface area (Å²) in [6.45, 7) is 3.59. The Morgan fingerprint density at radius 2 is 1.72 bits per heavy atom. The first kappa shape index (κ1) is 21.4. The van der Waals surface area contributed by atoms with Crippen molar-refractivity contribution in [3.8, 4) is 0 Å². The van der Waals surface area contributed by atoms with Gasteiger partial charge >= 0.3 is 0 Å². The van der Waals surface area contributed by atoms with Crippen LogP contribution in [-0.2, 0) is 15.6 Å². The van der Waals surface area contributed by atoms with E-state index in [1.54, 1.807) is 24.3 Å². The Balaban J connectivity index is 1.47. The standard InChI is InChI=1S/C25H28FN3O2S/c1-17-8-9-18(29-15-19(16-29)28(2)3)14-24(17)32(30,31)27-25(12-13-25)22-10-11-23(26)21-7-5-4-6-20(21)22/h4-11,14,19,27H,12-13,15-16H2,1-3H3. The van der Waals surface area contributed by atoms with Crippen LogP contribution in [-0.4, -0.2) is 46.5 Å². The van der Waals surface area contributed by atoms with Crippen LogP contribution in [0.4, 0.5) is 10.1 Å². The molecule has 1 saturated heterocycles. The number of anilines is 1. The van der Waals surface area contributed by atoms with E-state index in [4.69, 9.17) is 0 Å². The second-order valence-corrected chi connectivity index (χ2v) is 11.0. The molecule has 0 aromatic heterocycles. The van der Waals surface area contributed by atoms with Gasteiger partial charge in [0, 0.05) is 30.2 Å². The smallest absolute Gasteiger partial charge is 0.241 e. The molecule has 2 aliphatic rings. The molecule has 1 aliphatic carbocycles. The molecule has 1 N–H and O–H groups in total. The molecule has 0 bridgehead atoms. The monoisotopic (exact) mass is 453 g/mol. The summed E-state index contributed by atoms with van der Waals surface area (Å²) in [5.74, 6) is -0.294. The third-order valence-corrected chi connectivity index (χ3v) is 8.56. The van der Waals surface area contributed by atoms with Gasteiger partial charge in [-0.25, -0.2) is 17.5 Å². The van der Waals surface area contributed by atoms with Crippen LogP contribution in [0.5, 0.6) is 0 Å². The molecule has 0 atom stereocenters. The molecule has 32 heavy (non-hydrogen) atoms. The van der Waals surface area contributed by atoms with E-state index >= 15 is 0 Å². The molecule has 1 aliphatic heterocycles.